The van der Waals surface area contributed by atoms with Gasteiger partial charge in [0.05, 0.1) is 5.30 Å². The fraction of sp³-hybridized carbons (Fsp3) is 0. The molecule has 4 N–H and O–H groups in total. The van der Waals surface area contributed by atoms with Crippen LogP contribution in [-0.4, -0.2) is 9.79 Å². The van der Waals surface area contributed by atoms with Crippen molar-refractivity contribution in [2.45, 2.75) is 0 Å². The quantitative estimate of drug-likeness (QED) is 0.335. The lowest BCUT2D eigenvalue weighted by atomic mass is 10.3. The number of nitrogen functional groups attached to an aromatic ring is 1. The maximum atomic E-state index is 10.6. The van der Waals surface area contributed by atoms with Gasteiger partial charge in [0.1, 0.15) is 0 Å². The molecule has 0 radical (unpaired) electrons. The molecule has 1 aromatic carbocycles. The summed E-state index contributed by atoms with van der Waals surface area (Å²) in [7, 11) is -4.13. The zero-order valence-corrected chi connectivity index (χ0v) is 7.43. The zero-order chi connectivity index (χ0) is 10.5. The van der Waals surface area contributed by atoms with Gasteiger partial charge in [-0.3, -0.25) is 4.57 Å². The number of benzene rings is 1. The van der Waals surface area contributed by atoms with E-state index in [2.05, 4.69) is 0 Å². The Morgan fingerprint density at radius 2 is 1.85 bits per heavy atom. The van der Waals surface area contributed by atoms with Gasteiger partial charge in [-0.15, -0.1) is 0 Å². The molecule has 1 rings (SSSR count). The summed E-state index contributed by atoms with van der Waals surface area (Å²) in [6.45, 7) is 0. The van der Waals surface area contributed by atoms with Crippen molar-refractivity contribution in [3.05, 3.63) is 24.3 Å². The Hall–Kier alpha value is -1.41. The number of hydrogen-bond donors (Lipinski definition) is 3. The second-order valence-electron chi connectivity index (χ2n) is 2.14. The lowest BCUT2D eigenvalue weighted by molar-refractivity contribution is 0.387. The normalized spacial score (nSPS) is 9.85. The molecule has 0 saturated carbocycles. The van der Waals surface area contributed by atoms with Crippen molar-refractivity contribution in [2.75, 3.05) is 5.73 Å². The average Bonchev–Trinajstić information content (AvgIpc) is 2.06. The molecule has 0 aromatic heterocycles. The highest BCUT2D eigenvalue weighted by atomic mass is 31.2. The molecular formula is C6H8N3O3P. The summed E-state index contributed by atoms with van der Waals surface area (Å²) in [6, 6.07) is 5.68. The summed E-state index contributed by atoms with van der Waals surface area (Å²) in [4.78, 5) is 17.3. The van der Waals surface area contributed by atoms with Gasteiger partial charge < -0.3 is 15.5 Å². The molecule has 13 heavy (non-hydrogen) atoms. The molecule has 0 aliphatic rings. The summed E-state index contributed by atoms with van der Waals surface area (Å²) < 4.78 is 10.6. The van der Waals surface area contributed by atoms with Crippen molar-refractivity contribution >= 4 is 18.6 Å². The fourth-order valence-electron chi connectivity index (χ4n) is 0.706. The van der Waals surface area contributed by atoms with Gasteiger partial charge in [0, 0.05) is 16.5 Å². The van der Waals surface area contributed by atoms with E-state index in [1.165, 1.54) is 18.2 Å². The third-order valence-electron chi connectivity index (χ3n) is 1.21. The van der Waals surface area contributed by atoms with Gasteiger partial charge in [-0.1, -0.05) is 6.07 Å². The van der Waals surface area contributed by atoms with Crippen molar-refractivity contribution in [3.63, 3.8) is 0 Å². The summed E-state index contributed by atoms with van der Waals surface area (Å²) in [5.41, 5.74) is 5.66. The van der Waals surface area contributed by atoms with Crippen LogP contribution in [0.2, 0.25) is 0 Å². The molecule has 0 unspecified atom stereocenters. The van der Waals surface area contributed by atoms with Crippen LogP contribution in [0.4, 0.5) is 5.69 Å². The highest BCUT2D eigenvalue weighted by Gasteiger charge is 2.15. The summed E-state index contributed by atoms with van der Waals surface area (Å²) in [6.07, 6.45) is 0. The van der Waals surface area contributed by atoms with Gasteiger partial charge in [-0.2, -0.15) is 0 Å². The number of rotatable bonds is 1. The predicted octanol–water partition coefficient (Wildman–Crippen LogP) is 0.102. The van der Waals surface area contributed by atoms with Crippen LogP contribution in [0, 0.1) is 10.8 Å². The van der Waals surface area contributed by atoms with Crippen LogP contribution in [0.1, 0.15) is 0 Å². The van der Waals surface area contributed by atoms with Crippen LogP contribution in [0.25, 0.3) is 0 Å². The molecule has 0 aliphatic heterocycles. The number of anilines is 1. The van der Waals surface area contributed by atoms with Crippen LogP contribution in [-0.2, 0) is 4.57 Å². The standard InChI is InChI=1S/C6H8NO3P.N2/c7-5-2-1-3-6(4-5)11(8,9)10;1-2/h1-4H,7H2,(H2,8,9,10);. The van der Waals surface area contributed by atoms with Crippen LogP contribution < -0.4 is 11.0 Å². The van der Waals surface area contributed by atoms with E-state index in [-0.39, 0.29) is 5.30 Å². The van der Waals surface area contributed by atoms with Crippen molar-refractivity contribution in [1.29, 1.82) is 10.8 Å². The molecule has 0 bridgehead atoms. The second-order valence-corrected chi connectivity index (χ2v) is 3.74. The van der Waals surface area contributed by atoms with E-state index in [4.69, 9.17) is 26.3 Å². The first-order valence-electron chi connectivity index (χ1n) is 3.12. The molecule has 0 saturated heterocycles. The van der Waals surface area contributed by atoms with Gasteiger partial charge in [0.15, 0.2) is 0 Å². The predicted molar refractivity (Wildman–Crippen MR) is 46.0 cm³/mol. The Labute approximate surface area is 74.6 Å². The van der Waals surface area contributed by atoms with Crippen LogP contribution in [0.15, 0.2) is 24.3 Å². The molecule has 6 nitrogen and oxygen atoms in total. The minimum atomic E-state index is -4.13. The number of nitrogens with two attached hydrogens (primary N) is 1. The first kappa shape index (κ1) is 11.6. The van der Waals surface area contributed by atoms with Gasteiger partial charge in [-0.25, -0.2) is 0 Å². The Morgan fingerprint density at radius 1 is 1.31 bits per heavy atom. The number of nitrogens with zero attached hydrogens (tertiary/aromatic N) is 2. The minimum Gasteiger partial charge on any atom is -0.399 e. The van der Waals surface area contributed by atoms with Gasteiger partial charge >= 0.3 is 7.60 Å². The third-order valence-corrected chi connectivity index (χ3v) is 2.16. The first-order valence-corrected chi connectivity index (χ1v) is 4.73. The summed E-state index contributed by atoms with van der Waals surface area (Å²) in [5.74, 6) is 0. The number of hydrogen-bond acceptors (Lipinski definition) is 4. The maximum absolute atomic E-state index is 10.6. The summed E-state index contributed by atoms with van der Waals surface area (Å²) >= 11 is 0. The van der Waals surface area contributed by atoms with Crippen LogP contribution in [0.3, 0.4) is 0 Å². The van der Waals surface area contributed by atoms with E-state index >= 15 is 0 Å². The molecule has 0 amide bonds. The third kappa shape index (κ3) is 3.67. The molecule has 0 spiro atoms. The highest BCUT2D eigenvalue weighted by Crippen LogP contribution is 2.33. The van der Waals surface area contributed by atoms with E-state index < -0.39 is 7.60 Å². The van der Waals surface area contributed by atoms with E-state index in [0.29, 0.717) is 5.69 Å². The molecule has 1 aromatic rings. The van der Waals surface area contributed by atoms with Gasteiger partial charge in [0.2, 0.25) is 0 Å². The van der Waals surface area contributed by atoms with Gasteiger partial charge in [0.25, 0.3) is 0 Å². The fourth-order valence-corrected chi connectivity index (χ4v) is 1.30. The Bertz CT molecular complexity index is 346. The monoisotopic (exact) mass is 201 g/mol. The minimum absolute atomic E-state index is 0.0440. The molecule has 70 valence electrons. The smallest absolute Gasteiger partial charge is 0.356 e. The second kappa shape index (κ2) is 4.58. The molecule has 0 fully saturated rings. The SMILES string of the molecule is N#N.Nc1cccc(P(=O)(O)O)c1. The molecular weight excluding hydrogens is 193 g/mol. The van der Waals surface area contributed by atoms with Crippen LogP contribution in [0.5, 0.6) is 0 Å². The van der Waals surface area contributed by atoms with E-state index in [1.807, 2.05) is 0 Å². The van der Waals surface area contributed by atoms with Crippen molar-refractivity contribution in [2.24, 2.45) is 0 Å². The lowest BCUT2D eigenvalue weighted by Gasteiger charge is -2.02. The molecule has 0 aliphatic carbocycles. The average molecular weight is 201 g/mol. The Balaban J connectivity index is 0.000000671. The zero-order valence-electron chi connectivity index (χ0n) is 6.53. The Morgan fingerprint density at radius 3 is 2.15 bits per heavy atom. The van der Waals surface area contributed by atoms with E-state index in [9.17, 15) is 4.57 Å². The van der Waals surface area contributed by atoms with Crippen molar-refractivity contribution in [1.82, 2.24) is 0 Å². The van der Waals surface area contributed by atoms with E-state index in [0.717, 1.165) is 0 Å². The molecule has 0 atom stereocenters. The topological polar surface area (TPSA) is 131 Å². The summed E-state index contributed by atoms with van der Waals surface area (Å²) in [5, 5.41) is 12.0. The largest absolute Gasteiger partial charge is 0.399 e. The van der Waals surface area contributed by atoms with Crippen LogP contribution >= 0.6 is 7.60 Å². The van der Waals surface area contributed by atoms with E-state index in [1.54, 1.807) is 6.07 Å². The first-order chi connectivity index (χ1) is 6.00. The van der Waals surface area contributed by atoms with Crippen molar-refractivity contribution in [3.8, 4) is 0 Å². The maximum Gasteiger partial charge on any atom is 0.356 e. The van der Waals surface area contributed by atoms with Crippen molar-refractivity contribution < 1.29 is 14.4 Å². The van der Waals surface area contributed by atoms with Gasteiger partial charge in [-0.05, 0) is 18.2 Å². The molecule has 0 heterocycles. The Kier molecular flexibility index (Phi) is 4.08. The highest BCUT2D eigenvalue weighted by molar-refractivity contribution is 7.60. The lowest BCUT2D eigenvalue weighted by Crippen LogP contribution is -2.03. The molecule has 7 heteroatoms.